The van der Waals surface area contributed by atoms with E-state index in [0.717, 1.165) is 25.1 Å². The van der Waals surface area contributed by atoms with Crippen LogP contribution in [0.5, 0.6) is 5.75 Å². The van der Waals surface area contributed by atoms with Gasteiger partial charge in [0.25, 0.3) is 5.91 Å². The number of amides is 2. The predicted octanol–water partition coefficient (Wildman–Crippen LogP) is 3.01. The van der Waals surface area contributed by atoms with E-state index in [2.05, 4.69) is 10.1 Å². The van der Waals surface area contributed by atoms with Crippen LogP contribution in [0.3, 0.4) is 0 Å². The third-order valence-electron chi connectivity index (χ3n) is 3.71. The molecule has 31 heavy (non-hydrogen) atoms. The number of benzene rings is 2. The van der Waals surface area contributed by atoms with Crippen LogP contribution in [-0.2, 0) is 14.3 Å². The van der Waals surface area contributed by atoms with Crippen LogP contribution in [0.2, 0.25) is 0 Å². The fourth-order valence-corrected chi connectivity index (χ4v) is 2.24. The van der Waals surface area contributed by atoms with E-state index in [1.165, 1.54) is 12.1 Å². The fourth-order valence-electron chi connectivity index (χ4n) is 2.24. The van der Waals surface area contributed by atoms with Crippen LogP contribution in [0.15, 0.2) is 36.4 Å². The number of anilines is 1. The van der Waals surface area contributed by atoms with Gasteiger partial charge >= 0.3 is 12.6 Å². The molecule has 0 saturated carbocycles. The van der Waals surface area contributed by atoms with Crippen LogP contribution in [0, 0.1) is 17.5 Å². The van der Waals surface area contributed by atoms with E-state index in [0.29, 0.717) is 6.07 Å². The van der Waals surface area contributed by atoms with Gasteiger partial charge in [-0.1, -0.05) is 12.1 Å². The van der Waals surface area contributed by atoms with Gasteiger partial charge in [0.2, 0.25) is 5.91 Å². The van der Waals surface area contributed by atoms with Crippen LogP contribution < -0.4 is 15.4 Å². The first-order valence-corrected chi connectivity index (χ1v) is 8.56. The highest BCUT2D eigenvalue weighted by molar-refractivity contribution is 5.97. The molecule has 0 saturated heterocycles. The SMILES string of the molecule is CC(OC(=O)c1ccccc1OC(F)F)C(=O)NCC(=O)Nc1ccc(F)c(F)c1F. The minimum absolute atomic E-state index is 0.353. The van der Waals surface area contributed by atoms with Crippen molar-refractivity contribution in [1.29, 1.82) is 0 Å². The number of carbonyl (C=O) groups excluding carboxylic acids is 3. The standard InChI is InChI=1S/C19H15F5N2O5/c1-9(30-18(29)10-4-2-3-5-13(10)31-19(23)24)17(28)25-8-14(27)26-12-7-6-11(20)15(21)16(12)22/h2-7,9,19H,8H2,1H3,(H,25,28)(H,26,27). The molecule has 2 amide bonds. The van der Waals surface area contributed by atoms with Gasteiger partial charge in [-0.2, -0.15) is 8.78 Å². The third kappa shape index (κ3) is 6.39. The number of carbonyl (C=O) groups is 3. The van der Waals surface area contributed by atoms with Crippen molar-refractivity contribution in [1.82, 2.24) is 5.32 Å². The first-order valence-electron chi connectivity index (χ1n) is 8.56. The van der Waals surface area contributed by atoms with Gasteiger partial charge in [0, 0.05) is 0 Å². The number of hydrogen-bond donors (Lipinski definition) is 2. The lowest BCUT2D eigenvalue weighted by atomic mass is 10.2. The van der Waals surface area contributed by atoms with Crippen LogP contribution >= 0.6 is 0 Å². The third-order valence-corrected chi connectivity index (χ3v) is 3.71. The molecule has 0 spiro atoms. The Morgan fingerprint density at radius 1 is 1.00 bits per heavy atom. The normalized spacial score (nSPS) is 11.6. The number of ether oxygens (including phenoxy) is 2. The molecule has 2 aromatic rings. The number of halogens is 5. The molecule has 12 heteroatoms. The van der Waals surface area contributed by atoms with Crippen molar-refractivity contribution in [2.24, 2.45) is 0 Å². The van der Waals surface area contributed by atoms with Gasteiger partial charge in [-0.25, -0.2) is 18.0 Å². The Morgan fingerprint density at radius 2 is 1.68 bits per heavy atom. The summed E-state index contributed by atoms with van der Waals surface area (Å²) in [4.78, 5) is 35.9. The maximum Gasteiger partial charge on any atom is 0.387 e. The van der Waals surface area contributed by atoms with E-state index in [4.69, 9.17) is 4.74 Å². The quantitative estimate of drug-likeness (QED) is 0.370. The van der Waals surface area contributed by atoms with Crippen molar-refractivity contribution in [3.8, 4) is 5.75 Å². The van der Waals surface area contributed by atoms with Crippen LogP contribution in [-0.4, -0.2) is 37.0 Å². The molecule has 2 rings (SSSR count). The molecular formula is C19H15F5N2O5. The average molecular weight is 446 g/mol. The Hall–Kier alpha value is -3.70. The van der Waals surface area contributed by atoms with Gasteiger partial charge in [0.15, 0.2) is 23.6 Å². The second-order valence-corrected chi connectivity index (χ2v) is 5.91. The summed E-state index contributed by atoms with van der Waals surface area (Å²) in [6.07, 6.45) is -1.44. The van der Waals surface area contributed by atoms with Gasteiger partial charge in [0.05, 0.1) is 12.2 Å². The topological polar surface area (TPSA) is 93.7 Å². The summed E-state index contributed by atoms with van der Waals surface area (Å²) in [5.74, 6) is -8.35. The van der Waals surface area contributed by atoms with E-state index < -0.39 is 65.9 Å². The second-order valence-electron chi connectivity index (χ2n) is 5.91. The molecule has 166 valence electrons. The maximum atomic E-state index is 13.5. The van der Waals surface area contributed by atoms with Gasteiger partial charge in [-0.15, -0.1) is 0 Å². The zero-order chi connectivity index (χ0) is 23.1. The zero-order valence-electron chi connectivity index (χ0n) is 15.8. The van der Waals surface area contributed by atoms with Crippen molar-refractivity contribution >= 4 is 23.5 Å². The Morgan fingerprint density at radius 3 is 2.35 bits per heavy atom. The van der Waals surface area contributed by atoms with E-state index in [1.807, 2.05) is 5.32 Å². The maximum absolute atomic E-state index is 13.5. The molecular weight excluding hydrogens is 431 g/mol. The highest BCUT2D eigenvalue weighted by Crippen LogP contribution is 2.22. The molecule has 1 atom stereocenters. The summed E-state index contributed by atoms with van der Waals surface area (Å²) in [6.45, 7) is -2.76. The van der Waals surface area contributed by atoms with Gasteiger partial charge in [0.1, 0.15) is 11.3 Å². The number of alkyl halides is 2. The van der Waals surface area contributed by atoms with Crippen LogP contribution in [0.4, 0.5) is 27.6 Å². The van der Waals surface area contributed by atoms with E-state index >= 15 is 0 Å². The average Bonchev–Trinajstić information content (AvgIpc) is 2.72. The summed E-state index contributed by atoms with van der Waals surface area (Å²) in [5.41, 5.74) is -0.998. The molecule has 0 aromatic heterocycles. The second kappa shape index (κ2) is 10.4. The van der Waals surface area contributed by atoms with E-state index in [1.54, 1.807) is 0 Å². The number of esters is 1. The minimum Gasteiger partial charge on any atom is -0.449 e. The number of hydrogen-bond acceptors (Lipinski definition) is 5. The van der Waals surface area contributed by atoms with Crippen molar-refractivity contribution in [3.05, 3.63) is 59.4 Å². The first kappa shape index (κ1) is 23.6. The minimum atomic E-state index is -3.19. The summed E-state index contributed by atoms with van der Waals surface area (Å²) in [6, 6.07) is 6.35. The Bertz CT molecular complexity index is 986. The molecule has 7 nitrogen and oxygen atoms in total. The monoisotopic (exact) mass is 446 g/mol. The molecule has 2 aromatic carbocycles. The number of rotatable bonds is 8. The Kier molecular flexibility index (Phi) is 7.88. The van der Waals surface area contributed by atoms with E-state index in [-0.39, 0.29) is 5.56 Å². The molecule has 0 aliphatic rings. The largest absolute Gasteiger partial charge is 0.449 e. The summed E-state index contributed by atoms with van der Waals surface area (Å²) >= 11 is 0. The number of para-hydroxylation sites is 1. The molecule has 0 aliphatic carbocycles. The molecule has 0 aliphatic heterocycles. The first-order chi connectivity index (χ1) is 14.6. The summed E-state index contributed by atoms with van der Waals surface area (Å²) in [7, 11) is 0. The van der Waals surface area contributed by atoms with Gasteiger partial charge < -0.3 is 20.1 Å². The highest BCUT2D eigenvalue weighted by atomic mass is 19.3. The Balaban J connectivity index is 1.91. The summed E-state index contributed by atoms with van der Waals surface area (Å²) < 4.78 is 73.5. The molecule has 1 unspecified atom stereocenters. The lowest BCUT2D eigenvalue weighted by Gasteiger charge is -2.15. The fraction of sp³-hybridized carbons (Fsp3) is 0.211. The molecule has 0 heterocycles. The van der Waals surface area contributed by atoms with Gasteiger partial charge in [-0.3, -0.25) is 9.59 Å². The highest BCUT2D eigenvalue weighted by Gasteiger charge is 2.23. The van der Waals surface area contributed by atoms with Crippen molar-refractivity contribution in [2.75, 3.05) is 11.9 Å². The van der Waals surface area contributed by atoms with Crippen molar-refractivity contribution in [3.63, 3.8) is 0 Å². The molecule has 0 radical (unpaired) electrons. The van der Waals surface area contributed by atoms with E-state index in [9.17, 15) is 36.3 Å². The number of nitrogens with one attached hydrogen (secondary N) is 2. The lowest BCUT2D eigenvalue weighted by Crippen LogP contribution is -2.40. The predicted molar refractivity (Wildman–Crippen MR) is 95.9 cm³/mol. The van der Waals surface area contributed by atoms with Crippen LogP contribution in [0.25, 0.3) is 0 Å². The van der Waals surface area contributed by atoms with Crippen LogP contribution in [0.1, 0.15) is 17.3 Å². The summed E-state index contributed by atoms with van der Waals surface area (Å²) in [5, 5.41) is 4.02. The zero-order valence-corrected chi connectivity index (χ0v) is 15.8. The van der Waals surface area contributed by atoms with Crippen molar-refractivity contribution in [2.45, 2.75) is 19.6 Å². The Labute approximate surface area is 172 Å². The lowest BCUT2D eigenvalue weighted by molar-refractivity contribution is -0.130. The molecule has 2 N–H and O–H groups in total. The van der Waals surface area contributed by atoms with Crippen molar-refractivity contribution < 1.29 is 45.8 Å². The molecule has 0 bridgehead atoms. The smallest absolute Gasteiger partial charge is 0.387 e. The van der Waals surface area contributed by atoms with Gasteiger partial charge in [-0.05, 0) is 31.2 Å². The molecule has 0 fully saturated rings.